The van der Waals surface area contributed by atoms with Crippen molar-refractivity contribution in [2.24, 2.45) is 0 Å². The Morgan fingerprint density at radius 2 is 1.84 bits per heavy atom. The second-order valence-electron chi connectivity index (χ2n) is 6.84. The molecule has 2 aromatic carbocycles. The minimum absolute atomic E-state index is 0.0900. The van der Waals surface area contributed by atoms with Gasteiger partial charge >= 0.3 is 5.97 Å². The lowest BCUT2D eigenvalue weighted by molar-refractivity contribution is -0.142. The number of halogens is 1. The monoisotopic (exact) mass is 531 g/mol. The summed E-state index contributed by atoms with van der Waals surface area (Å²) in [5.41, 5.74) is 1.93. The van der Waals surface area contributed by atoms with Crippen molar-refractivity contribution in [3.63, 3.8) is 0 Å². The first kappa shape index (κ1) is 22.6. The number of carbonyl (C=O) groups excluding carboxylic acids is 2. The summed E-state index contributed by atoms with van der Waals surface area (Å²) in [7, 11) is 1.30. The van der Waals surface area contributed by atoms with Crippen LogP contribution in [0.3, 0.4) is 0 Å². The van der Waals surface area contributed by atoms with E-state index in [0.717, 1.165) is 22.3 Å². The van der Waals surface area contributed by atoms with Gasteiger partial charge in [0.05, 0.1) is 10.7 Å². The van der Waals surface area contributed by atoms with E-state index in [2.05, 4.69) is 44.4 Å². The summed E-state index contributed by atoms with van der Waals surface area (Å²) in [4.78, 5) is 28.1. The molecule has 0 bridgehead atoms. The maximum Gasteiger partial charge on any atom is 0.343 e. The molecule has 1 saturated heterocycles. The minimum Gasteiger partial charge on any atom is -0.481 e. The summed E-state index contributed by atoms with van der Waals surface area (Å²) in [5, 5.41) is 9.56. The van der Waals surface area contributed by atoms with Crippen LogP contribution in [0.1, 0.15) is 5.56 Å². The Morgan fingerprint density at radius 3 is 2.45 bits per heavy atom. The van der Waals surface area contributed by atoms with Crippen molar-refractivity contribution in [3.8, 4) is 11.8 Å². The van der Waals surface area contributed by atoms with E-state index in [0.29, 0.717) is 24.4 Å². The number of amides is 1. The van der Waals surface area contributed by atoms with E-state index in [1.54, 1.807) is 29.2 Å². The van der Waals surface area contributed by atoms with Crippen molar-refractivity contribution in [2.45, 2.75) is 0 Å². The number of benzene rings is 2. The van der Waals surface area contributed by atoms with E-state index in [1.165, 1.54) is 7.11 Å². The van der Waals surface area contributed by atoms with Crippen LogP contribution >= 0.6 is 22.6 Å². The lowest BCUT2D eigenvalue weighted by Crippen LogP contribution is -2.49. The quantitative estimate of drug-likeness (QED) is 0.247. The molecule has 1 heterocycles. The van der Waals surface area contributed by atoms with Crippen molar-refractivity contribution in [3.05, 3.63) is 63.2 Å². The molecule has 160 valence electrons. The molecule has 1 aliphatic rings. The highest BCUT2D eigenvalue weighted by Gasteiger charge is 2.24. The van der Waals surface area contributed by atoms with Gasteiger partial charge in [-0.2, -0.15) is 5.26 Å². The third-order valence-corrected chi connectivity index (χ3v) is 5.72. The number of rotatable bonds is 6. The van der Waals surface area contributed by atoms with Gasteiger partial charge in [0.2, 0.25) is 0 Å². The van der Waals surface area contributed by atoms with Gasteiger partial charge in [0.25, 0.3) is 5.91 Å². The zero-order valence-electron chi connectivity index (χ0n) is 17.1. The number of hydrogen-bond acceptors (Lipinski definition) is 6. The molecule has 0 aliphatic carbocycles. The lowest BCUT2D eigenvalue weighted by Gasteiger charge is -2.36. The molecule has 0 spiro atoms. The van der Waals surface area contributed by atoms with Crippen LogP contribution in [-0.4, -0.2) is 56.7 Å². The standard InChI is InChI=1S/C23H22IN3O4/c1-30-22(28)16-31-21-8-7-17(14-20(21)24)13-18(15-25)23(29)27-11-9-26(10-12-27)19-5-3-2-4-6-19/h2-8,13-14H,9-12,16H2,1H3/b18-13-. The predicted octanol–water partition coefficient (Wildman–Crippen LogP) is 3.10. The highest BCUT2D eigenvalue weighted by atomic mass is 127. The van der Waals surface area contributed by atoms with Crippen molar-refractivity contribution in [2.75, 3.05) is 44.8 Å². The number of esters is 1. The molecule has 0 N–H and O–H groups in total. The molecule has 1 aliphatic heterocycles. The number of anilines is 1. The molecule has 1 fully saturated rings. The Hall–Kier alpha value is -3.06. The fraction of sp³-hybridized carbons (Fsp3) is 0.261. The number of nitrogens with zero attached hydrogens (tertiary/aromatic N) is 3. The number of para-hydroxylation sites is 1. The molecule has 7 nitrogen and oxygen atoms in total. The second-order valence-corrected chi connectivity index (χ2v) is 8.00. The van der Waals surface area contributed by atoms with Gasteiger partial charge in [-0.1, -0.05) is 24.3 Å². The van der Waals surface area contributed by atoms with Gasteiger partial charge in [-0.05, 0) is 58.5 Å². The highest BCUT2D eigenvalue weighted by molar-refractivity contribution is 14.1. The van der Waals surface area contributed by atoms with Crippen molar-refractivity contribution >= 4 is 46.2 Å². The van der Waals surface area contributed by atoms with Gasteiger partial charge < -0.3 is 19.3 Å². The largest absolute Gasteiger partial charge is 0.481 e. The average molecular weight is 531 g/mol. The van der Waals surface area contributed by atoms with Gasteiger partial charge in [0, 0.05) is 31.9 Å². The van der Waals surface area contributed by atoms with Crippen LogP contribution < -0.4 is 9.64 Å². The fourth-order valence-electron chi connectivity index (χ4n) is 3.20. The van der Waals surface area contributed by atoms with Crippen LogP contribution in [-0.2, 0) is 14.3 Å². The number of methoxy groups -OCH3 is 1. The van der Waals surface area contributed by atoms with Crippen molar-refractivity contribution in [1.29, 1.82) is 5.26 Å². The smallest absolute Gasteiger partial charge is 0.343 e. The van der Waals surface area contributed by atoms with Crippen LogP contribution in [0.15, 0.2) is 54.1 Å². The Labute approximate surface area is 195 Å². The molecule has 2 aromatic rings. The minimum atomic E-state index is -0.468. The molecule has 0 aromatic heterocycles. The fourth-order valence-corrected chi connectivity index (χ4v) is 3.90. The Morgan fingerprint density at radius 1 is 1.13 bits per heavy atom. The molecular formula is C23H22IN3O4. The third kappa shape index (κ3) is 5.98. The lowest BCUT2D eigenvalue weighted by atomic mass is 10.1. The van der Waals surface area contributed by atoms with Crippen LogP contribution in [0.25, 0.3) is 6.08 Å². The molecule has 0 atom stereocenters. The SMILES string of the molecule is COC(=O)COc1ccc(/C=C(/C#N)C(=O)N2CCN(c3ccccc3)CC2)cc1I. The van der Waals surface area contributed by atoms with E-state index in [1.807, 2.05) is 24.3 Å². The summed E-state index contributed by atoms with van der Waals surface area (Å²) in [6.45, 7) is 2.38. The molecule has 8 heteroatoms. The zero-order valence-corrected chi connectivity index (χ0v) is 19.2. The first-order valence-corrected chi connectivity index (χ1v) is 10.8. The van der Waals surface area contributed by atoms with Gasteiger partial charge in [0.1, 0.15) is 17.4 Å². The summed E-state index contributed by atoms with van der Waals surface area (Å²) in [5.74, 6) is -0.203. The van der Waals surface area contributed by atoms with Gasteiger partial charge in [0.15, 0.2) is 6.61 Å². The van der Waals surface area contributed by atoms with Crippen LogP contribution in [0.5, 0.6) is 5.75 Å². The topological polar surface area (TPSA) is 82.9 Å². The zero-order chi connectivity index (χ0) is 22.2. The maximum atomic E-state index is 12.9. The molecular weight excluding hydrogens is 509 g/mol. The number of ether oxygens (including phenoxy) is 2. The molecule has 0 unspecified atom stereocenters. The van der Waals surface area contributed by atoms with Crippen molar-refractivity contribution in [1.82, 2.24) is 4.90 Å². The Kier molecular flexibility index (Phi) is 7.89. The van der Waals surface area contributed by atoms with Crippen LogP contribution in [0.4, 0.5) is 5.69 Å². The van der Waals surface area contributed by atoms with Crippen LogP contribution in [0, 0.1) is 14.9 Å². The number of nitriles is 1. The highest BCUT2D eigenvalue weighted by Crippen LogP contribution is 2.24. The average Bonchev–Trinajstić information content (AvgIpc) is 2.82. The van der Waals surface area contributed by atoms with E-state index in [4.69, 9.17) is 4.74 Å². The number of hydrogen-bond donors (Lipinski definition) is 0. The normalized spacial score (nSPS) is 14.0. The summed E-state index contributed by atoms with van der Waals surface area (Å²) in [6.07, 6.45) is 1.58. The van der Waals surface area contributed by atoms with E-state index < -0.39 is 5.97 Å². The van der Waals surface area contributed by atoms with Crippen LogP contribution in [0.2, 0.25) is 0 Å². The maximum absolute atomic E-state index is 12.9. The first-order chi connectivity index (χ1) is 15.0. The van der Waals surface area contributed by atoms with Gasteiger partial charge in [-0.3, -0.25) is 4.79 Å². The molecule has 0 saturated carbocycles. The van der Waals surface area contributed by atoms with E-state index >= 15 is 0 Å². The molecule has 3 rings (SSSR count). The number of piperazine rings is 1. The molecule has 0 radical (unpaired) electrons. The van der Waals surface area contributed by atoms with Gasteiger partial charge in [-0.15, -0.1) is 0 Å². The summed E-state index contributed by atoms with van der Waals surface area (Å²) >= 11 is 2.08. The van der Waals surface area contributed by atoms with Crippen molar-refractivity contribution < 1.29 is 19.1 Å². The van der Waals surface area contributed by atoms with Gasteiger partial charge in [-0.25, -0.2) is 4.79 Å². The second kappa shape index (κ2) is 10.8. The summed E-state index contributed by atoms with van der Waals surface area (Å²) in [6, 6.07) is 17.4. The molecule has 31 heavy (non-hydrogen) atoms. The molecule has 1 amide bonds. The summed E-state index contributed by atoms with van der Waals surface area (Å²) < 4.78 is 10.7. The predicted molar refractivity (Wildman–Crippen MR) is 125 cm³/mol. The van der Waals surface area contributed by atoms with E-state index in [9.17, 15) is 14.9 Å². The Bertz CT molecular complexity index is 1010. The first-order valence-electron chi connectivity index (χ1n) is 9.72. The Balaban J connectivity index is 1.65. The van der Waals surface area contributed by atoms with E-state index in [-0.39, 0.29) is 18.1 Å². The number of carbonyl (C=O) groups is 2. The third-order valence-electron chi connectivity index (χ3n) is 4.88.